The third-order valence-electron chi connectivity index (χ3n) is 3.31. The zero-order valence-corrected chi connectivity index (χ0v) is 11.4. The van der Waals surface area contributed by atoms with Crippen molar-refractivity contribution in [3.8, 4) is 11.5 Å². The second-order valence-corrected chi connectivity index (χ2v) is 4.67. The molecule has 2 amide bonds. The summed E-state index contributed by atoms with van der Waals surface area (Å²) in [6.07, 6.45) is 0.206. The molecule has 20 heavy (non-hydrogen) atoms. The maximum absolute atomic E-state index is 11.7. The lowest BCUT2D eigenvalue weighted by molar-refractivity contribution is -0.128. The molecule has 1 unspecified atom stereocenters. The molecule has 0 radical (unpaired) electrons. The molecular weight excluding hydrogens is 260 g/mol. The van der Waals surface area contributed by atoms with Crippen LogP contribution in [-0.2, 0) is 9.59 Å². The molecule has 1 aromatic rings. The molecular formula is C14H18N2O4. The Bertz CT molecular complexity index is 486. The van der Waals surface area contributed by atoms with Gasteiger partial charge in [0.25, 0.3) is 0 Å². The van der Waals surface area contributed by atoms with E-state index in [1.54, 1.807) is 36.3 Å². The average Bonchev–Trinajstić information content (AvgIpc) is 2.81. The summed E-state index contributed by atoms with van der Waals surface area (Å²) in [6, 6.07) is 7.21. The monoisotopic (exact) mass is 278 g/mol. The summed E-state index contributed by atoms with van der Waals surface area (Å²) in [7, 11) is 1.60. The number of hydrogen-bond acceptors (Lipinski definition) is 4. The number of nitrogens with zero attached hydrogens (tertiary/aromatic N) is 1. The summed E-state index contributed by atoms with van der Waals surface area (Å²) in [4.78, 5) is 24.3. The lowest BCUT2D eigenvalue weighted by Gasteiger charge is -2.16. The molecule has 0 bridgehead atoms. The highest BCUT2D eigenvalue weighted by Gasteiger charge is 2.32. The minimum atomic E-state index is -0.420. The number of nitrogens with two attached hydrogens (primary N) is 1. The van der Waals surface area contributed by atoms with E-state index >= 15 is 0 Å². The van der Waals surface area contributed by atoms with Gasteiger partial charge < -0.3 is 20.1 Å². The first-order valence-corrected chi connectivity index (χ1v) is 6.44. The Balaban J connectivity index is 1.78. The van der Waals surface area contributed by atoms with Crippen LogP contribution in [0.5, 0.6) is 11.5 Å². The molecule has 0 spiro atoms. The summed E-state index contributed by atoms with van der Waals surface area (Å²) < 4.78 is 10.6. The number of rotatable bonds is 6. The van der Waals surface area contributed by atoms with Crippen molar-refractivity contribution in [3.63, 3.8) is 0 Å². The molecule has 2 N–H and O–H groups in total. The molecule has 1 atom stereocenters. The fourth-order valence-corrected chi connectivity index (χ4v) is 2.12. The quantitative estimate of drug-likeness (QED) is 0.817. The standard InChI is InChI=1S/C14H18N2O4/c1-19-11-2-4-12(5-3-11)20-7-6-16-9-10(14(15)18)8-13(16)17/h2-5,10H,6-9H2,1H3,(H2,15,18). The van der Waals surface area contributed by atoms with E-state index < -0.39 is 5.91 Å². The van der Waals surface area contributed by atoms with Gasteiger partial charge in [-0.05, 0) is 24.3 Å². The number of primary amides is 1. The molecule has 6 nitrogen and oxygen atoms in total. The van der Waals surface area contributed by atoms with Crippen molar-refractivity contribution in [2.45, 2.75) is 6.42 Å². The summed E-state index contributed by atoms with van der Waals surface area (Å²) in [5.41, 5.74) is 5.21. The number of ether oxygens (including phenoxy) is 2. The van der Waals surface area contributed by atoms with Crippen LogP contribution in [0.15, 0.2) is 24.3 Å². The van der Waals surface area contributed by atoms with Gasteiger partial charge in [0, 0.05) is 13.0 Å². The predicted molar refractivity (Wildman–Crippen MR) is 72.4 cm³/mol. The Morgan fingerprint density at radius 2 is 2.00 bits per heavy atom. The maximum Gasteiger partial charge on any atom is 0.223 e. The lowest BCUT2D eigenvalue weighted by atomic mass is 10.1. The smallest absolute Gasteiger partial charge is 0.223 e. The molecule has 1 aliphatic rings. The van der Waals surface area contributed by atoms with E-state index in [1.165, 1.54) is 0 Å². The van der Waals surface area contributed by atoms with Crippen LogP contribution in [0.3, 0.4) is 0 Å². The van der Waals surface area contributed by atoms with Gasteiger partial charge in [-0.15, -0.1) is 0 Å². The van der Waals surface area contributed by atoms with Gasteiger partial charge in [0.2, 0.25) is 11.8 Å². The minimum Gasteiger partial charge on any atom is -0.497 e. The third kappa shape index (κ3) is 3.40. The van der Waals surface area contributed by atoms with E-state index in [4.69, 9.17) is 15.2 Å². The first-order chi connectivity index (χ1) is 9.60. The van der Waals surface area contributed by atoms with E-state index in [0.29, 0.717) is 25.4 Å². The van der Waals surface area contributed by atoms with Gasteiger partial charge in [-0.3, -0.25) is 9.59 Å². The van der Waals surface area contributed by atoms with Gasteiger partial charge in [-0.1, -0.05) is 0 Å². The topological polar surface area (TPSA) is 81.9 Å². The normalized spacial score (nSPS) is 18.1. The van der Waals surface area contributed by atoms with Crippen LogP contribution in [0.2, 0.25) is 0 Å². The van der Waals surface area contributed by atoms with Gasteiger partial charge in [0.1, 0.15) is 18.1 Å². The Labute approximate surface area is 117 Å². The van der Waals surface area contributed by atoms with Crippen LogP contribution in [0, 0.1) is 5.92 Å². The van der Waals surface area contributed by atoms with Crippen LogP contribution < -0.4 is 15.2 Å². The van der Waals surface area contributed by atoms with Crippen LogP contribution in [0.1, 0.15) is 6.42 Å². The summed E-state index contributed by atoms with van der Waals surface area (Å²) >= 11 is 0. The van der Waals surface area contributed by atoms with Crippen molar-refractivity contribution in [1.82, 2.24) is 4.90 Å². The fraction of sp³-hybridized carbons (Fsp3) is 0.429. The van der Waals surface area contributed by atoms with Crippen molar-refractivity contribution >= 4 is 11.8 Å². The molecule has 1 aliphatic heterocycles. The van der Waals surface area contributed by atoms with E-state index in [0.717, 1.165) is 5.75 Å². The first kappa shape index (κ1) is 14.2. The Hall–Kier alpha value is -2.24. The summed E-state index contributed by atoms with van der Waals surface area (Å²) in [6.45, 7) is 1.22. The Morgan fingerprint density at radius 1 is 1.35 bits per heavy atom. The number of hydrogen-bond donors (Lipinski definition) is 1. The maximum atomic E-state index is 11.7. The molecule has 2 rings (SSSR count). The predicted octanol–water partition coefficient (Wildman–Crippen LogP) is 0.408. The molecule has 1 fully saturated rings. The van der Waals surface area contributed by atoms with E-state index in [2.05, 4.69) is 0 Å². The lowest BCUT2D eigenvalue weighted by Crippen LogP contribution is -2.31. The number of carbonyl (C=O) groups is 2. The van der Waals surface area contributed by atoms with Gasteiger partial charge >= 0.3 is 0 Å². The number of carbonyl (C=O) groups excluding carboxylic acids is 2. The molecule has 0 saturated carbocycles. The molecule has 0 aliphatic carbocycles. The van der Waals surface area contributed by atoms with Gasteiger partial charge in [-0.2, -0.15) is 0 Å². The van der Waals surface area contributed by atoms with Gasteiger partial charge in [0.15, 0.2) is 0 Å². The van der Waals surface area contributed by atoms with Crippen molar-refractivity contribution < 1.29 is 19.1 Å². The van der Waals surface area contributed by atoms with E-state index in [9.17, 15) is 9.59 Å². The minimum absolute atomic E-state index is 0.0490. The third-order valence-corrected chi connectivity index (χ3v) is 3.31. The van der Waals surface area contributed by atoms with Crippen LogP contribution in [-0.4, -0.2) is 43.5 Å². The van der Waals surface area contributed by atoms with E-state index in [1.807, 2.05) is 0 Å². The zero-order chi connectivity index (χ0) is 14.5. The van der Waals surface area contributed by atoms with E-state index in [-0.39, 0.29) is 18.2 Å². The second-order valence-electron chi connectivity index (χ2n) is 4.67. The largest absolute Gasteiger partial charge is 0.497 e. The highest BCUT2D eigenvalue weighted by molar-refractivity contribution is 5.88. The summed E-state index contributed by atoms with van der Waals surface area (Å²) in [5.74, 6) is 0.632. The van der Waals surface area contributed by atoms with Crippen LogP contribution in [0.25, 0.3) is 0 Å². The Kier molecular flexibility index (Phi) is 4.45. The zero-order valence-electron chi connectivity index (χ0n) is 11.4. The van der Waals surface area contributed by atoms with Crippen LogP contribution in [0.4, 0.5) is 0 Å². The van der Waals surface area contributed by atoms with Crippen molar-refractivity contribution in [1.29, 1.82) is 0 Å². The molecule has 1 heterocycles. The molecule has 108 valence electrons. The number of likely N-dealkylation sites (tertiary alicyclic amines) is 1. The average molecular weight is 278 g/mol. The molecule has 6 heteroatoms. The molecule has 1 aromatic carbocycles. The van der Waals surface area contributed by atoms with Crippen molar-refractivity contribution in [3.05, 3.63) is 24.3 Å². The fourth-order valence-electron chi connectivity index (χ4n) is 2.12. The number of amides is 2. The number of benzene rings is 1. The SMILES string of the molecule is COc1ccc(OCCN2CC(C(N)=O)CC2=O)cc1. The second kappa shape index (κ2) is 6.27. The van der Waals surface area contributed by atoms with Crippen LogP contribution >= 0.6 is 0 Å². The van der Waals surface area contributed by atoms with Crippen molar-refractivity contribution in [2.75, 3.05) is 26.8 Å². The summed E-state index contributed by atoms with van der Waals surface area (Å²) in [5, 5.41) is 0. The highest BCUT2D eigenvalue weighted by Crippen LogP contribution is 2.19. The Morgan fingerprint density at radius 3 is 2.55 bits per heavy atom. The number of methoxy groups -OCH3 is 1. The molecule has 0 aromatic heterocycles. The van der Waals surface area contributed by atoms with Crippen molar-refractivity contribution in [2.24, 2.45) is 11.7 Å². The highest BCUT2D eigenvalue weighted by atomic mass is 16.5. The molecule has 1 saturated heterocycles. The van der Waals surface area contributed by atoms with Gasteiger partial charge in [-0.25, -0.2) is 0 Å². The van der Waals surface area contributed by atoms with Gasteiger partial charge in [0.05, 0.1) is 19.6 Å². The first-order valence-electron chi connectivity index (χ1n) is 6.44.